The number of nitrogens with one attached hydrogen (secondary N) is 1. The summed E-state index contributed by atoms with van der Waals surface area (Å²) in [6, 6.07) is 8.29. The molecule has 1 atom stereocenters. The van der Waals surface area contributed by atoms with Gasteiger partial charge in [0.15, 0.2) is 5.82 Å². The highest BCUT2D eigenvalue weighted by atomic mass is 15.3. The summed E-state index contributed by atoms with van der Waals surface area (Å²) in [5.41, 5.74) is 2.17. The van der Waals surface area contributed by atoms with Crippen molar-refractivity contribution < 1.29 is 0 Å². The first-order valence-corrected chi connectivity index (χ1v) is 6.64. The van der Waals surface area contributed by atoms with Gasteiger partial charge in [0.05, 0.1) is 23.6 Å². The van der Waals surface area contributed by atoms with Gasteiger partial charge in [-0.25, -0.2) is 9.97 Å². The van der Waals surface area contributed by atoms with E-state index in [2.05, 4.69) is 37.9 Å². The van der Waals surface area contributed by atoms with Crippen LogP contribution < -0.4 is 5.32 Å². The fourth-order valence-electron chi connectivity index (χ4n) is 2.35. The number of para-hydroxylation sites is 2. The number of benzene rings is 1. The van der Waals surface area contributed by atoms with Crippen LogP contribution in [0.3, 0.4) is 0 Å². The lowest BCUT2D eigenvalue weighted by molar-refractivity contribution is 0.520. The summed E-state index contributed by atoms with van der Waals surface area (Å²) in [7, 11) is 3.91. The van der Waals surface area contributed by atoms with E-state index in [1.807, 2.05) is 32.3 Å². The van der Waals surface area contributed by atoms with Gasteiger partial charge >= 0.3 is 0 Å². The van der Waals surface area contributed by atoms with Crippen LogP contribution in [-0.2, 0) is 20.6 Å². The van der Waals surface area contributed by atoms with Crippen molar-refractivity contribution in [2.75, 3.05) is 0 Å². The second-order valence-electron chi connectivity index (χ2n) is 4.95. The van der Waals surface area contributed by atoms with Crippen molar-refractivity contribution >= 4 is 11.0 Å². The normalized spacial score (nSPS) is 12.9. The first-order chi connectivity index (χ1) is 9.65. The number of nitrogens with zero attached hydrogens (tertiary/aromatic N) is 5. The molecule has 20 heavy (non-hydrogen) atoms. The predicted molar refractivity (Wildman–Crippen MR) is 77.0 cm³/mol. The van der Waals surface area contributed by atoms with Crippen LogP contribution in [0.4, 0.5) is 0 Å². The third-order valence-electron chi connectivity index (χ3n) is 3.42. The molecule has 0 radical (unpaired) electrons. The molecule has 2 heterocycles. The standard InChI is InChI=1S/C14H18N6/c1-10(15-8-13-16-9-19(2)18-13)14-17-11-6-4-5-7-12(11)20(14)3/h4-7,9-10,15H,8H2,1-3H3. The Labute approximate surface area is 117 Å². The van der Waals surface area contributed by atoms with E-state index >= 15 is 0 Å². The molecule has 104 valence electrons. The van der Waals surface area contributed by atoms with Gasteiger partial charge in [-0.1, -0.05) is 12.1 Å². The predicted octanol–water partition coefficient (Wildman–Crippen LogP) is 1.55. The Balaban J connectivity index is 1.78. The summed E-state index contributed by atoms with van der Waals surface area (Å²) in [6.45, 7) is 2.73. The van der Waals surface area contributed by atoms with Crippen LogP contribution in [0.25, 0.3) is 11.0 Å². The molecule has 0 aliphatic carbocycles. The lowest BCUT2D eigenvalue weighted by Gasteiger charge is -2.12. The van der Waals surface area contributed by atoms with Crippen molar-refractivity contribution in [3.63, 3.8) is 0 Å². The van der Waals surface area contributed by atoms with E-state index in [1.165, 1.54) is 0 Å². The molecule has 0 saturated carbocycles. The highest BCUT2D eigenvalue weighted by Crippen LogP contribution is 2.19. The molecule has 0 aliphatic rings. The zero-order valence-corrected chi connectivity index (χ0v) is 11.9. The molecule has 3 rings (SSSR count). The quantitative estimate of drug-likeness (QED) is 0.781. The van der Waals surface area contributed by atoms with Crippen LogP contribution in [-0.4, -0.2) is 24.3 Å². The average Bonchev–Trinajstić information content (AvgIpc) is 3.01. The van der Waals surface area contributed by atoms with E-state index < -0.39 is 0 Å². The van der Waals surface area contributed by atoms with E-state index in [0.29, 0.717) is 6.54 Å². The molecule has 0 fully saturated rings. The fraction of sp³-hybridized carbons (Fsp3) is 0.357. The molecule has 0 saturated heterocycles. The third-order valence-corrected chi connectivity index (χ3v) is 3.42. The van der Waals surface area contributed by atoms with E-state index in [1.54, 1.807) is 11.0 Å². The minimum absolute atomic E-state index is 0.135. The fourth-order valence-corrected chi connectivity index (χ4v) is 2.35. The maximum atomic E-state index is 4.68. The number of aryl methyl sites for hydroxylation is 2. The highest BCUT2D eigenvalue weighted by molar-refractivity contribution is 5.75. The third kappa shape index (κ3) is 2.30. The molecule has 3 aromatic rings. The summed E-state index contributed by atoms with van der Waals surface area (Å²) in [5, 5.41) is 7.67. The van der Waals surface area contributed by atoms with Gasteiger partial charge in [0.2, 0.25) is 0 Å². The smallest absolute Gasteiger partial charge is 0.164 e. The van der Waals surface area contributed by atoms with Gasteiger partial charge in [-0.15, -0.1) is 0 Å². The number of rotatable bonds is 4. The van der Waals surface area contributed by atoms with Crippen molar-refractivity contribution in [3.8, 4) is 0 Å². The number of imidazole rings is 1. The molecule has 1 N–H and O–H groups in total. The number of hydrogen-bond donors (Lipinski definition) is 1. The highest BCUT2D eigenvalue weighted by Gasteiger charge is 2.14. The topological polar surface area (TPSA) is 60.6 Å². The summed E-state index contributed by atoms with van der Waals surface area (Å²) in [5.74, 6) is 1.81. The minimum atomic E-state index is 0.135. The second kappa shape index (κ2) is 5.05. The van der Waals surface area contributed by atoms with Crippen LogP contribution in [0.5, 0.6) is 0 Å². The van der Waals surface area contributed by atoms with Crippen LogP contribution in [0, 0.1) is 0 Å². The molecule has 6 heteroatoms. The first kappa shape index (κ1) is 12.8. The molecule has 0 aliphatic heterocycles. The van der Waals surface area contributed by atoms with Gasteiger partial charge in [0, 0.05) is 14.1 Å². The molecule has 1 aromatic carbocycles. The van der Waals surface area contributed by atoms with Gasteiger partial charge in [-0.05, 0) is 19.1 Å². The van der Waals surface area contributed by atoms with Crippen molar-refractivity contribution in [2.24, 2.45) is 14.1 Å². The van der Waals surface area contributed by atoms with Gasteiger partial charge in [0.1, 0.15) is 12.2 Å². The van der Waals surface area contributed by atoms with E-state index in [9.17, 15) is 0 Å². The Morgan fingerprint density at radius 2 is 2.05 bits per heavy atom. The molecule has 0 bridgehead atoms. The second-order valence-corrected chi connectivity index (χ2v) is 4.95. The van der Waals surface area contributed by atoms with Crippen molar-refractivity contribution in [2.45, 2.75) is 19.5 Å². The lowest BCUT2D eigenvalue weighted by atomic mass is 10.3. The molecule has 2 aromatic heterocycles. The monoisotopic (exact) mass is 270 g/mol. The number of hydrogen-bond acceptors (Lipinski definition) is 4. The Morgan fingerprint density at radius 1 is 1.25 bits per heavy atom. The average molecular weight is 270 g/mol. The summed E-state index contributed by atoms with van der Waals surface area (Å²) < 4.78 is 3.83. The number of aromatic nitrogens is 5. The Hall–Kier alpha value is -2.21. The van der Waals surface area contributed by atoms with Gasteiger partial charge in [-0.3, -0.25) is 4.68 Å². The molecule has 0 amide bonds. The van der Waals surface area contributed by atoms with E-state index in [-0.39, 0.29) is 6.04 Å². The van der Waals surface area contributed by atoms with Gasteiger partial charge in [0.25, 0.3) is 0 Å². The molecule has 1 unspecified atom stereocenters. The van der Waals surface area contributed by atoms with Crippen molar-refractivity contribution in [1.82, 2.24) is 29.6 Å². The van der Waals surface area contributed by atoms with Crippen LogP contribution in [0.15, 0.2) is 30.6 Å². The maximum Gasteiger partial charge on any atom is 0.164 e. The SMILES string of the molecule is CC(NCc1ncn(C)n1)c1nc2ccccc2n1C. The molecule has 0 spiro atoms. The Kier molecular flexibility index (Phi) is 3.23. The summed E-state index contributed by atoms with van der Waals surface area (Å²) >= 11 is 0. The van der Waals surface area contributed by atoms with E-state index in [4.69, 9.17) is 0 Å². The van der Waals surface area contributed by atoms with Crippen LogP contribution >= 0.6 is 0 Å². The lowest BCUT2D eigenvalue weighted by Crippen LogP contribution is -2.21. The zero-order valence-electron chi connectivity index (χ0n) is 11.9. The van der Waals surface area contributed by atoms with Crippen LogP contribution in [0.1, 0.15) is 24.6 Å². The zero-order chi connectivity index (χ0) is 14.1. The minimum Gasteiger partial charge on any atom is -0.330 e. The largest absolute Gasteiger partial charge is 0.330 e. The number of fused-ring (bicyclic) bond motifs is 1. The molecule has 6 nitrogen and oxygen atoms in total. The van der Waals surface area contributed by atoms with Crippen LogP contribution in [0.2, 0.25) is 0 Å². The maximum absolute atomic E-state index is 4.68. The summed E-state index contributed by atoms with van der Waals surface area (Å²) in [4.78, 5) is 8.89. The van der Waals surface area contributed by atoms with Gasteiger partial charge in [-0.2, -0.15) is 5.10 Å². The molecular weight excluding hydrogens is 252 g/mol. The van der Waals surface area contributed by atoms with Gasteiger partial charge < -0.3 is 9.88 Å². The van der Waals surface area contributed by atoms with E-state index in [0.717, 1.165) is 22.7 Å². The Morgan fingerprint density at radius 3 is 2.75 bits per heavy atom. The Bertz CT molecular complexity index is 726. The van der Waals surface area contributed by atoms with Crippen molar-refractivity contribution in [1.29, 1.82) is 0 Å². The first-order valence-electron chi connectivity index (χ1n) is 6.64. The summed E-state index contributed by atoms with van der Waals surface area (Å²) in [6.07, 6.45) is 1.71. The van der Waals surface area contributed by atoms with Crippen molar-refractivity contribution in [3.05, 3.63) is 42.2 Å². The molecular formula is C14H18N6.